The Morgan fingerprint density at radius 2 is 2.00 bits per heavy atom. The highest BCUT2D eigenvalue weighted by atomic mass is 35.5. The van der Waals surface area contributed by atoms with Crippen molar-refractivity contribution < 1.29 is 19.4 Å². The average molecular weight is 508 g/mol. The molecule has 2 N–H and O–H groups in total. The number of nitrogens with one attached hydrogen (secondary N) is 1. The smallest absolute Gasteiger partial charge is 0.317 e. The van der Waals surface area contributed by atoms with Gasteiger partial charge in [-0.15, -0.1) is 0 Å². The van der Waals surface area contributed by atoms with Crippen molar-refractivity contribution in [2.45, 2.75) is 31.9 Å². The Hall–Kier alpha value is -3.69. The van der Waals surface area contributed by atoms with Gasteiger partial charge in [-0.3, -0.25) is 4.79 Å². The van der Waals surface area contributed by atoms with Crippen LogP contribution in [0.3, 0.4) is 0 Å². The second-order valence-electron chi connectivity index (χ2n) is 8.97. The van der Waals surface area contributed by atoms with Crippen molar-refractivity contribution in [3.8, 4) is 23.0 Å². The highest BCUT2D eigenvalue weighted by Crippen LogP contribution is 2.41. The summed E-state index contributed by atoms with van der Waals surface area (Å²) in [7, 11) is 0. The van der Waals surface area contributed by atoms with Gasteiger partial charge in [0, 0.05) is 12.1 Å². The third-order valence-corrected chi connectivity index (χ3v) is 6.30. The zero-order chi connectivity index (χ0) is 25.1. The number of hydrogen-bond acceptors (Lipinski definition) is 7. The van der Waals surface area contributed by atoms with E-state index in [9.17, 15) is 4.79 Å². The maximum absolute atomic E-state index is 10.6. The second kappa shape index (κ2) is 10.1. The van der Waals surface area contributed by atoms with Crippen LogP contribution >= 0.6 is 11.6 Å². The first-order valence-electron chi connectivity index (χ1n) is 11.7. The van der Waals surface area contributed by atoms with E-state index in [1.54, 1.807) is 6.07 Å². The number of imidazole rings is 1. The molecule has 2 aromatic carbocycles. The van der Waals surface area contributed by atoms with E-state index in [-0.39, 0.29) is 12.1 Å². The summed E-state index contributed by atoms with van der Waals surface area (Å²) in [5.74, 6) is 0.792. The van der Waals surface area contributed by atoms with Gasteiger partial charge in [0.2, 0.25) is 5.88 Å². The SMILES string of the molecule is CC1(Oc2ncnc3c2nc(-c2ccc(OCCNCC(=O)O)cc2Cl)n3Cc2ccccc2)CC1. The van der Waals surface area contributed by atoms with Gasteiger partial charge in [0.15, 0.2) is 11.2 Å². The van der Waals surface area contributed by atoms with Gasteiger partial charge in [-0.1, -0.05) is 41.9 Å². The van der Waals surface area contributed by atoms with Crippen LogP contribution in [0.25, 0.3) is 22.6 Å². The lowest BCUT2D eigenvalue weighted by atomic mass is 10.2. The quantitative estimate of drug-likeness (QED) is 0.291. The topological polar surface area (TPSA) is 111 Å². The van der Waals surface area contributed by atoms with Gasteiger partial charge < -0.3 is 24.5 Å². The lowest BCUT2D eigenvalue weighted by Gasteiger charge is -2.12. The zero-order valence-electron chi connectivity index (χ0n) is 19.8. The maximum Gasteiger partial charge on any atom is 0.317 e. The molecule has 9 nitrogen and oxygen atoms in total. The van der Waals surface area contributed by atoms with E-state index >= 15 is 0 Å². The molecule has 0 atom stereocenters. The van der Waals surface area contributed by atoms with Crippen LogP contribution in [0.15, 0.2) is 54.9 Å². The Balaban J connectivity index is 1.47. The van der Waals surface area contributed by atoms with Crippen molar-refractivity contribution in [1.82, 2.24) is 24.8 Å². The minimum absolute atomic E-state index is 0.117. The molecule has 1 aliphatic rings. The molecule has 186 valence electrons. The molecular formula is C26H26ClN5O4. The predicted octanol–water partition coefficient (Wildman–Crippen LogP) is 4.18. The summed E-state index contributed by atoms with van der Waals surface area (Å²) in [5.41, 5.74) is 2.88. The fourth-order valence-corrected chi connectivity index (χ4v) is 4.08. The molecule has 0 unspecified atom stereocenters. The van der Waals surface area contributed by atoms with E-state index in [0.717, 1.165) is 24.0 Å². The molecule has 5 rings (SSSR count). The molecule has 4 aromatic rings. The van der Waals surface area contributed by atoms with Crippen molar-refractivity contribution in [2.75, 3.05) is 19.7 Å². The Kier molecular flexibility index (Phi) is 6.75. The third-order valence-electron chi connectivity index (χ3n) is 5.98. The van der Waals surface area contributed by atoms with Crippen LogP contribution in [0.2, 0.25) is 5.02 Å². The molecule has 10 heteroatoms. The number of nitrogens with zero attached hydrogens (tertiary/aromatic N) is 4. The first-order chi connectivity index (χ1) is 17.4. The lowest BCUT2D eigenvalue weighted by molar-refractivity contribution is -0.135. The number of carboxylic acids is 1. The molecule has 1 saturated carbocycles. The Labute approximate surface area is 213 Å². The first kappa shape index (κ1) is 24.0. The molecule has 0 saturated heterocycles. The van der Waals surface area contributed by atoms with E-state index in [4.69, 9.17) is 31.2 Å². The van der Waals surface area contributed by atoms with Crippen LogP contribution in [-0.4, -0.2) is 55.9 Å². The zero-order valence-corrected chi connectivity index (χ0v) is 20.5. The molecule has 1 aliphatic carbocycles. The van der Waals surface area contributed by atoms with Crippen molar-refractivity contribution >= 4 is 28.7 Å². The molecule has 0 amide bonds. The van der Waals surface area contributed by atoms with E-state index in [2.05, 4.69) is 34.3 Å². The Bertz CT molecular complexity index is 1390. The first-order valence-corrected chi connectivity index (χ1v) is 12.1. The van der Waals surface area contributed by atoms with Crippen molar-refractivity contribution in [3.63, 3.8) is 0 Å². The molecule has 36 heavy (non-hydrogen) atoms. The van der Waals surface area contributed by atoms with Crippen LogP contribution < -0.4 is 14.8 Å². The van der Waals surface area contributed by atoms with E-state index in [1.165, 1.54) is 6.33 Å². The van der Waals surface area contributed by atoms with Crippen LogP contribution in [0.5, 0.6) is 11.6 Å². The van der Waals surface area contributed by atoms with E-state index < -0.39 is 5.97 Å². The summed E-state index contributed by atoms with van der Waals surface area (Å²) in [4.78, 5) is 24.4. The molecule has 0 bridgehead atoms. The van der Waals surface area contributed by atoms with Crippen LogP contribution in [-0.2, 0) is 11.3 Å². The standard InChI is InChI=1S/C26H26ClN5O4/c1-26(9-10-26)36-25-22-24(29-16-30-25)32(15-17-5-3-2-4-6-17)23(31-22)19-8-7-18(13-20(19)27)35-12-11-28-14-21(33)34/h2-8,13,16,28H,9-12,14-15H2,1H3,(H,33,34). The number of aromatic nitrogens is 4. The van der Waals surface area contributed by atoms with Gasteiger partial charge >= 0.3 is 5.97 Å². The van der Waals surface area contributed by atoms with Gasteiger partial charge in [-0.2, -0.15) is 4.98 Å². The molecule has 2 heterocycles. The summed E-state index contributed by atoms with van der Waals surface area (Å²) in [5, 5.41) is 12.0. The van der Waals surface area contributed by atoms with Crippen molar-refractivity contribution in [1.29, 1.82) is 0 Å². The Morgan fingerprint density at radius 3 is 2.72 bits per heavy atom. The largest absolute Gasteiger partial charge is 0.492 e. The normalized spacial score (nSPS) is 14.1. The summed E-state index contributed by atoms with van der Waals surface area (Å²) < 4.78 is 13.9. The van der Waals surface area contributed by atoms with Gasteiger partial charge in [-0.05, 0) is 43.5 Å². The summed E-state index contributed by atoms with van der Waals surface area (Å²) >= 11 is 6.71. The number of rotatable bonds is 11. The maximum atomic E-state index is 10.6. The number of halogens is 1. The van der Waals surface area contributed by atoms with Crippen LogP contribution in [0.1, 0.15) is 25.3 Å². The van der Waals surface area contributed by atoms with Gasteiger partial charge in [0.1, 0.15) is 30.1 Å². The number of carbonyl (C=O) groups is 1. The Morgan fingerprint density at radius 1 is 1.19 bits per heavy atom. The number of hydrogen-bond donors (Lipinski definition) is 2. The van der Waals surface area contributed by atoms with Crippen LogP contribution in [0, 0.1) is 0 Å². The molecule has 0 radical (unpaired) electrons. The van der Waals surface area contributed by atoms with Crippen molar-refractivity contribution in [3.05, 3.63) is 65.4 Å². The molecule has 0 spiro atoms. The van der Waals surface area contributed by atoms with Crippen LogP contribution in [0.4, 0.5) is 0 Å². The highest BCUT2D eigenvalue weighted by molar-refractivity contribution is 6.33. The average Bonchev–Trinajstić information content (AvgIpc) is 3.47. The monoisotopic (exact) mass is 507 g/mol. The fraction of sp³-hybridized carbons (Fsp3) is 0.308. The summed E-state index contributed by atoms with van der Waals surface area (Å²) in [6.07, 6.45) is 3.47. The van der Waals surface area contributed by atoms with E-state index in [1.807, 2.05) is 34.9 Å². The number of fused-ring (bicyclic) bond motifs is 1. The summed E-state index contributed by atoms with van der Waals surface area (Å²) in [6, 6.07) is 15.5. The number of carboxylic acid groups (broad SMARTS) is 1. The molecule has 0 aliphatic heterocycles. The number of benzene rings is 2. The fourth-order valence-electron chi connectivity index (χ4n) is 3.83. The molecular weight excluding hydrogens is 482 g/mol. The van der Waals surface area contributed by atoms with Gasteiger partial charge in [0.25, 0.3) is 0 Å². The lowest BCUT2D eigenvalue weighted by Crippen LogP contribution is -2.26. The number of ether oxygens (including phenoxy) is 2. The van der Waals surface area contributed by atoms with E-state index in [0.29, 0.717) is 53.3 Å². The molecule has 2 aromatic heterocycles. The predicted molar refractivity (Wildman–Crippen MR) is 136 cm³/mol. The third kappa shape index (κ3) is 5.42. The second-order valence-corrected chi connectivity index (χ2v) is 9.38. The summed E-state index contributed by atoms with van der Waals surface area (Å²) in [6.45, 7) is 3.21. The van der Waals surface area contributed by atoms with Gasteiger partial charge in [-0.25, -0.2) is 9.97 Å². The number of aliphatic carboxylic acids is 1. The highest BCUT2D eigenvalue weighted by Gasteiger charge is 2.41. The minimum atomic E-state index is -0.912. The van der Waals surface area contributed by atoms with Crippen molar-refractivity contribution in [2.24, 2.45) is 0 Å². The molecule has 1 fully saturated rings. The minimum Gasteiger partial charge on any atom is -0.492 e. The van der Waals surface area contributed by atoms with Gasteiger partial charge in [0.05, 0.1) is 18.1 Å².